The van der Waals surface area contributed by atoms with Gasteiger partial charge in [0.15, 0.2) is 0 Å². The third kappa shape index (κ3) is 4.20. The molecule has 1 atom stereocenters. The minimum Gasteiger partial charge on any atom is -0.310 e. The number of benzene rings is 1. The molecule has 0 radical (unpaired) electrons. The Morgan fingerprint density at radius 3 is 2.59 bits per heavy atom. The Bertz CT molecular complexity index is 402. The molecule has 0 spiro atoms. The summed E-state index contributed by atoms with van der Waals surface area (Å²) in [5.74, 6) is 0. The lowest BCUT2D eigenvalue weighted by atomic mass is 9.91. The predicted molar refractivity (Wildman–Crippen MR) is 71.6 cm³/mol. The van der Waals surface area contributed by atoms with E-state index in [0.29, 0.717) is 6.04 Å². The van der Waals surface area contributed by atoms with Gasteiger partial charge >= 0.3 is 0 Å². The highest BCUT2D eigenvalue weighted by molar-refractivity contribution is 5.28. The van der Waals surface area contributed by atoms with Gasteiger partial charge in [0.05, 0.1) is 11.5 Å². The monoisotopic (exact) mass is 230 g/mol. The van der Waals surface area contributed by atoms with E-state index in [-0.39, 0.29) is 5.41 Å². The van der Waals surface area contributed by atoms with Crippen molar-refractivity contribution in [2.45, 2.75) is 40.2 Å². The molecule has 1 rings (SSSR count). The van der Waals surface area contributed by atoms with Crippen LogP contribution in [0.25, 0.3) is 0 Å². The van der Waals surface area contributed by atoms with E-state index in [4.69, 9.17) is 5.26 Å². The first-order chi connectivity index (χ1) is 7.96. The fraction of sp³-hybridized carbons (Fsp3) is 0.533. The fourth-order valence-electron chi connectivity index (χ4n) is 1.84. The summed E-state index contributed by atoms with van der Waals surface area (Å²) >= 11 is 0. The van der Waals surface area contributed by atoms with Gasteiger partial charge in [-0.25, -0.2) is 0 Å². The van der Waals surface area contributed by atoms with Crippen molar-refractivity contribution < 1.29 is 0 Å². The maximum absolute atomic E-state index is 8.94. The first-order valence-electron chi connectivity index (χ1n) is 6.16. The molecular formula is C15H22N2. The highest BCUT2D eigenvalue weighted by Crippen LogP contribution is 2.20. The predicted octanol–water partition coefficient (Wildman–Crippen LogP) is 3.59. The van der Waals surface area contributed by atoms with E-state index < -0.39 is 0 Å². The van der Waals surface area contributed by atoms with E-state index in [0.717, 1.165) is 13.0 Å². The zero-order valence-corrected chi connectivity index (χ0v) is 11.2. The van der Waals surface area contributed by atoms with Gasteiger partial charge in [0.25, 0.3) is 0 Å². The normalized spacial score (nSPS) is 13.1. The van der Waals surface area contributed by atoms with Gasteiger partial charge in [-0.15, -0.1) is 0 Å². The molecule has 0 fully saturated rings. The lowest BCUT2D eigenvalue weighted by molar-refractivity contribution is 0.416. The summed E-state index contributed by atoms with van der Waals surface area (Å²) in [5.41, 5.74) is 2.41. The maximum Gasteiger partial charge on any atom is 0.0684 e. The molecule has 0 bridgehead atoms. The van der Waals surface area contributed by atoms with Crippen LogP contribution in [0.2, 0.25) is 0 Å². The zero-order valence-electron chi connectivity index (χ0n) is 11.2. The van der Waals surface area contributed by atoms with Crippen LogP contribution in [-0.4, -0.2) is 6.54 Å². The Hall–Kier alpha value is -1.33. The molecule has 1 N–H and O–H groups in total. The lowest BCUT2D eigenvalue weighted by Crippen LogP contribution is -2.24. The summed E-state index contributed by atoms with van der Waals surface area (Å²) in [7, 11) is 0. The summed E-state index contributed by atoms with van der Waals surface area (Å²) < 4.78 is 0. The first kappa shape index (κ1) is 13.7. The first-order valence-corrected chi connectivity index (χ1v) is 6.16. The highest BCUT2D eigenvalue weighted by Gasteiger charge is 2.16. The van der Waals surface area contributed by atoms with E-state index in [2.05, 4.69) is 49.5 Å². The third-order valence-corrected chi connectivity index (χ3v) is 3.16. The number of hydrogen-bond donors (Lipinski definition) is 1. The second-order valence-electron chi connectivity index (χ2n) is 5.28. The average molecular weight is 230 g/mol. The van der Waals surface area contributed by atoms with Crippen molar-refractivity contribution in [3.63, 3.8) is 0 Å². The van der Waals surface area contributed by atoms with Crippen molar-refractivity contribution in [3.8, 4) is 6.07 Å². The molecule has 0 aliphatic rings. The van der Waals surface area contributed by atoms with E-state index in [9.17, 15) is 0 Å². The van der Waals surface area contributed by atoms with E-state index >= 15 is 0 Å². The van der Waals surface area contributed by atoms with Crippen molar-refractivity contribution in [1.82, 2.24) is 5.32 Å². The number of nitrogens with one attached hydrogen (secondary N) is 1. The van der Waals surface area contributed by atoms with Crippen molar-refractivity contribution in [3.05, 3.63) is 35.4 Å². The molecule has 2 heteroatoms. The molecule has 0 saturated heterocycles. The van der Waals surface area contributed by atoms with Crippen LogP contribution >= 0.6 is 0 Å². The Morgan fingerprint density at radius 2 is 2.00 bits per heavy atom. The van der Waals surface area contributed by atoms with E-state index in [1.165, 1.54) is 11.1 Å². The largest absolute Gasteiger partial charge is 0.310 e. The van der Waals surface area contributed by atoms with Crippen LogP contribution in [0.15, 0.2) is 24.3 Å². The smallest absolute Gasteiger partial charge is 0.0684 e. The topological polar surface area (TPSA) is 35.8 Å². The molecule has 0 heterocycles. The van der Waals surface area contributed by atoms with Gasteiger partial charge in [-0.2, -0.15) is 5.26 Å². The molecule has 2 nitrogen and oxygen atoms in total. The quantitative estimate of drug-likeness (QED) is 0.839. The minimum atomic E-state index is -0.238. The van der Waals surface area contributed by atoms with Gasteiger partial charge < -0.3 is 5.32 Å². The molecule has 0 aliphatic heterocycles. The Kier molecular flexibility index (Phi) is 4.72. The number of aryl methyl sites for hydroxylation is 1. The molecule has 1 aromatic carbocycles. The number of nitriles is 1. The van der Waals surface area contributed by atoms with Crippen molar-refractivity contribution >= 4 is 0 Å². The van der Waals surface area contributed by atoms with Gasteiger partial charge in [-0.3, -0.25) is 0 Å². The molecule has 1 unspecified atom stereocenters. The second-order valence-corrected chi connectivity index (χ2v) is 5.28. The van der Waals surface area contributed by atoms with Crippen molar-refractivity contribution in [2.24, 2.45) is 5.41 Å². The van der Waals surface area contributed by atoms with Crippen LogP contribution in [0.4, 0.5) is 0 Å². The molecule has 0 amide bonds. The third-order valence-electron chi connectivity index (χ3n) is 3.16. The van der Waals surface area contributed by atoms with Gasteiger partial charge in [0.1, 0.15) is 0 Å². The van der Waals surface area contributed by atoms with E-state index in [1.54, 1.807) is 0 Å². The van der Waals surface area contributed by atoms with E-state index in [1.807, 2.05) is 13.8 Å². The minimum absolute atomic E-state index is 0.238. The maximum atomic E-state index is 8.94. The molecule has 17 heavy (non-hydrogen) atoms. The Labute approximate surface area is 105 Å². The molecule has 0 aromatic heterocycles. The van der Waals surface area contributed by atoms with Crippen LogP contribution in [-0.2, 0) is 0 Å². The molecular weight excluding hydrogens is 208 g/mol. The fourth-order valence-corrected chi connectivity index (χ4v) is 1.84. The second kappa shape index (κ2) is 5.84. The van der Waals surface area contributed by atoms with Gasteiger partial charge in [-0.05, 0) is 51.8 Å². The summed E-state index contributed by atoms with van der Waals surface area (Å²) in [4.78, 5) is 0. The molecule has 0 aliphatic carbocycles. The van der Waals surface area contributed by atoms with Crippen molar-refractivity contribution in [1.29, 1.82) is 5.26 Å². The highest BCUT2D eigenvalue weighted by atomic mass is 14.9. The SMILES string of the molecule is Cc1ccccc1C(C)NCCC(C)(C)C#N. The van der Waals surface area contributed by atoms with Gasteiger partial charge in [0.2, 0.25) is 0 Å². The standard InChI is InChI=1S/C15H22N2/c1-12-7-5-6-8-14(12)13(2)17-10-9-15(3,4)11-16/h5-8,13,17H,9-10H2,1-4H3. The Balaban J connectivity index is 2.49. The average Bonchev–Trinajstić information content (AvgIpc) is 2.29. The van der Waals surface area contributed by atoms with Gasteiger partial charge in [-0.1, -0.05) is 24.3 Å². The molecule has 92 valence electrons. The van der Waals surface area contributed by atoms with Crippen LogP contribution in [0, 0.1) is 23.7 Å². The molecule has 1 aromatic rings. The Morgan fingerprint density at radius 1 is 1.35 bits per heavy atom. The molecule has 0 saturated carbocycles. The van der Waals surface area contributed by atoms with Crippen LogP contribution in [0.5, 0.6) is 0 Å². The lowest BCUT2D eigenvalue weighted by Gasteiger charge is -2.20. The van der Waals surface area contributed by atoms with Gasteiger partial charge in [0, 0.05) is 6.04 Å². The summed E-state index contributed by atoms with van der Waals surface area (Å²) in [6.07, 6.45) is 0.875. The van der Waals surface area contributed by atoms with Crippen molar-refractivity contribution in [2.75, 3.05) is 6.54 Å². The number of hydrogen-bond acceptors (Lipinski definition) is 2. The van der Waals surface area contributed by atoms with Crippen LogP contribution < -0.4 is 5.32 Å². The summed E-state index contributed by atoms with van der Waals surface area (Å²) in [6.45, 7) is 9.13. The zero-order chi connectivity index (χ0) is 12.9. The number of rotatable bonds is 5. The van der Waals surface area contributed by atoms with Crippen LogP contribution in [0.1, 0.15) is 44.4 Å². The summed E-state index contributed by atoms with van der Waals surface area (Å²) in [6, 6.07) is 11.1. The van der Waals surface area contributed by atoms with Crippen LogP contribution in [0.3, 0.4) is 0 Å². The number of nitrogens with zero attached hydrogens (tertiary/aromatic N) is 1. The summed E-state index contributed by atoms with van der Waals surface area (Å²) in [5, 5.41) is 12.4.